The summed E-state index contributed by atoms with van der Waals surface area (Å²) < 4.78 is 4.96. The second kappa shape index (κ2) is 5.48. The summed E-state index contributed by atoms with van der Waals surface area (Å²) in [7, 11) is 1.48. The van der Waals surface area contributed by atoms with E-state index in [9.17, 15) is 9.90 Å². The number of nitrogen functional groups attached to an aromatic ring is 1. The van der Waals surface area contributed by atoms with Crippen LogP contribution >= 0.6 is 0 Å². The summed E-state index contributed by atoms with van der Waals surface area (Å²) in [5.41, 5.74) is 7.00. The first kappa shape index (κ1) is 13.7. The zero-order valence-electron chi connectivity index (χ0n) is 11.2. The van der Waals surface area contributed by atoms with Crippen molar-refractivity contribution in [3.8, 4) is 11.5 Å². The number of rotatable bonds is 3. The van der Waals surface area contributed by atoms with Gasteiger partial charge in [-0.25, -0.2) is 4.98 Å². The third-order valence-corrected chi connectivity index (χ3v) is 2.78. The van der Waals surface area contributed by atoms with Crippen molar-refractivity contribution >= 4 is 17.4 Å². The number of aromatic nitrogens is 1. The first-order valence-corrected chi connectivity index (χ1v) is 5.91. The Kier molecular flexibility index (Phi) is 3.74. The molecule has 20 heavy (non-hydrogen) atoms. The molecule has 0 saturated heterocycles. The van der Waals surface area contributed by atoms with Gasteiger partial charge in [0.1, 0.15) is 17.3 Å². The van der Waals surface area contributed by atoms with E-state index in [1.54, 1.807) is 19.1 Å². The highest BCUT2D eigenvalue weighted by Gasteiger charge is 2.13. The van der Waals surface area contributed by atoms with Crippen molar-refractivity contribution in [2.24, 2.45) is 0 Å². The molecule has 0 aliphatic carbocycles. The predicted octanol–water partition coefficient (Wildman–Crippen LogP) is 1.94. The number of benzene rings is 1. The number of carbonyl (C=O) groups is 1. The van der Waals surface area contributed by atoms with Crippen molar-refractivity contribution in [1.82, 2.24) is 4.98 Å². The van der Waals surface area contributed by atoms with E-state index in [-0.39, 0.29) is 11.3 Å². The average molecular weight is 273 g/mol. The summed E-state index contributed by atoms with van der Waals surface area (Å²) in [5, 5.41) is 12.4. The van der Waals surface area contributed by atoms with Crippen LogP contribution in [0, 0.1) is 6.92 Å². The lowest BCUT2D eigenvalue weighted by Gasteiger charge is -2.09. The Labute approximate surface area is 116 Å². The molecule has 6 heteroatoms. The van der Waals surface area contributed by atoms with Crippen LogP contribution in [0.5, 0.6) is 11.5 Å². The van der Waals surface area contributed by atoms with Crippen molar-refractivity contribution in [3.63, 3.8) is 0 Å². The van der Waals surface area contributed by atoms with Crippen LogP contribution in [0.3, 0.4) is 0 Å². The summed E-state index contributed by atoms with van der Waals surface area (Å²) >= 11 is 0. The second-order valence-electron chi connectivity index (χ2n) is 4.27. The first-order valence-electron chi connectivity index (χ1n) is 5.91. The molecule has 1 aromatic heterocycles. The molecule has 0 radical (unpaired) electrons. The van der Waals surface area contributed by atoms with Gasteiger partial charge in [0.15, 0.2) is 0 Å². The highest BCUT2D eigenvalue weighted by atomic mass is 16.5. The lowest BCUT2D eigenvalue weighted by molar-refractivity contribution is 0.102. The Morgan fingerprint density at radius 2 is 2.15 bits per heavy atom. The standard InChI is InChI=1S/C14H15N3O3/c1-8-5-9(15)7-16-13(8)17-14(19)11-4-3-10(20-2)6-12(11)18/h3-7,18H,15H2,1-2H3,(H,16,17,19). The van der Waals surface area contributed by atoms with Crippen LogP contribution in [-0.2, 0) is 0 Å². The molecule has 2 rings (SSSR count). The summed E-state index contributed by atoms with van der Waals surface area (Å²) in [6, 6.07) is 6.16. The number of methoxy groups -OCH3 is 1. The molecule has 0 fully saturated rings. The molecule has 104 valence electrons. The fourth-order valence-electron chi connectivity index (χ4n) is 1.73. The summed E-state index contributed by atoms with van der Waals surface area (Å²) in [6.07, 6.45) is 1.45. The van der Waals surface area contributed by atoms with Crippen LogP contribution in [0.2, 0.25) is 0 Å². The molecule has 0 aliphatic heterocycles. The number of nitrogens with two attached hydrogens (primary N) is 1. The highest BCUT2D eigenvalue weighted by molar-refractivity contribution is 6.06. The van der Waals surface area contributed by atoms with Crippen LogP contribution in [0.1, 0.15) is 15.9 Å². The third kappa shape index (κ3) is 2.80. The number of anilines is 2. The molecule has 2 aromatic rings. The Morgan fingerprint density at radius 3 is 2.75 bits per heavy atom. The van der Waals surface area contributed by atoms with E-state index in [2.05, 4.69) is 10.3 Å². The molecular formula is C14H15N3O3. The van der Waals surface area contributed by atoms with Crippen molar-refractivity contribution in [1.29, 1.82) is 0 Å². The Balaban J connectivity index is 2.24. The number of hydrogen-bond acceptors (Lipinski definition) is 5. The van der Waals surface area contributed by atoms with Crippen LogP contribution in [-0.4, -0.2) is 23.1 Å². The third-order valence-electron chi connectivity index (χ3n) is 2.78. The van der Waals surface area contributed by atoms with Gasteiger partial charge in [-0.3, -0.25) is 4.79 Å². The maximum Gasteiger partial charge on any atom is 0.260 e. The molecule has 0 aliphatic rings. The van der Waals surface area contributed by atoms with Gasteiger partial charge >= 0.3 is 0 Å². The van der Waals surface area contributed by atoms with E-state index in [1.165, 1.54) is 25.4 Å². The summed E-state index contributed by atoms with van der Waals surface area (Å²) in [4.78, 5) is 16.1. The van der Waals surface area contributed by atoms with Gasteiger partial charge in [0.05, 0.1) is 24.6 Å². The summed E-state index contributed by atoms with van der Waals surface area (Å²) in [5.74, 6) is 0.265. The number of nitrogens with zero attached hydrogens (tertiary/aromatic N) is 1. The van der Waals surface area contributed by atoms with E-state index in [0.29, 0.717) is 17.3 Å². The number of carbonyl (C=O) groups excluding carboxylic acids is 1. The smallest absolute Gasteiger partial charge is 0.260 e. The van der Waals surface area contributed by atoms with Gasteiger partial charge in [-0.2, -0.15) is 0 Å². The largest absolute Gasteiger partial charge is 0.507 e. The lowest BCUT2D eigenvalue weighted by Crippen LogP contribution is -2.14. The number of aryl methyl sites for hydroxylation is 1. The monoisotopic (exact) mass is 273 g/mol. The number of pyridine rings is 1. The Bertz CT molecular complexity index is 656. The van der Waals surface area contributed by atoms with Crippen LogP contribution in [0.15, 0.2) is 30.5 Å². The first-order chi connectivity index (χ1) is 9.51. The number of ether oxygens (including phenoxy) is 1. The van der Waals surface area contributed by atoms with E-state index >= 15 is 0 Å². The highest BCUT2D eigenvalue weighted by Crippen LogP contribution is 2.24. The van der Waals surface area contributed by atoms with Crippen LogP contribution < -0.4 is 15.8 Å². The van der Waals surface area contributed by atoms with Gasteiger partial charge < -0.3 is 20.9 Å². The van der Waals surface area contributed by atoms with Gasteiger partial charge in [-0.1, -0.05) is 0 Å². The van der Waals surface area contributed by atoms with Crippen molar-refractivity contribution in [3.05, 3.63) is 41.6 Å². The minimum absolute atomic E-state index is 0.142. The minimum Gasteiger partial charge on any atom is -0.507 e. The molecule has 1 heterocycles. The molecule has 0 atom stereocenters. The minimum atomic E-state index is -0.453. The summed E-state index contributed by atoms with van der Waals surface area (Å²) in [6.45, 7) is 1.78. The van der Waals surface area contributed by atoms with Crippen LogP contribution in [0.25, 0.3) is 0 Å². The molecule has 0 bridgehead atoms. The fraction of sp³-hybridized carbons (Fsp3) is 0.143. The van der Waals surface area contributed by atoms with E-state index in [4.69, 9.17) is 10.5 Å². The number of aromatic hydroxyl groups is 1. The number of hydrogen-bond donors (Lipinski definition) is 3. The maximum absolute atomic E-state index is 12.1. The number of phenolic OH excluding ortho intramolecular Hbond substituents is 1. The van der Waals surface area contributed by atoms with Gasteiger partial charge in [0, 0.05) is 6.07 Å². The Morgan fingerprint density at radius 1 is 1.40 bits per heavy atom. The molecule has 0 saturated carbocycles. The zero-order valence-corrected chi connectivity index (χ0v) is 11.2. The molecule has 1 aromatic carbocycles. The fourth-order valence-corrected chi connectivity index (χ4v) is 1.73. The average Bonchev–Trinajstić information content (AvgIpc) is 2.41. The van der Waals surface area contributed by atoms with E-state index in [0.717, 1.165) is 5.56 Å². The normalized spacial score (nSPS) is 10.1. The van der Waals surface area contributed by atoms with Crippen molar-refractivity contribution in [2.45, 2.75) is 6.92 Å². The lowest BCUT2D eigenvalue weighted by atomic mass is 10.1. The Hall–Kier alpha value is -2.76. The molecular weight excluding hydrogens is 258 g/mol. The number of nitrogens with one attached hydrogen (secondary N) is 1. The van der Waals surface area contributed by atoms with Crippen molar-refractivity contribution in [2.75, 3.05) is 18.2 Å². The van der Waals surface area contributed by atoms with E-state index < -0.39 is 5.91 Å². The van der Waals surface area contributed by atoms with Gasteiger partial charge in [0.25, 0.3) is 5.91 Å². The maximum atomic E-state index is 12.1. The molecule has 0 spiro atoms. The molecule has 4 N–H and O–H groups in total. The predicted molar refractivity (Wildman–Crippen MR) is 76.0 cm³/mol. The van der Waals surface area contributed by atoms with Crippen molar-refractivity contribution < 1.29 is 14.6 Å². The number of phenols is 1. The molecule has 6 nitrogen and oxygen atoms in total. The van der Waals surface area contributed by atoms with Gasteiger partial charge in [-0.05, 0) is 30.7 Å². The number of amides is 1. The molecule has 0 unspecified atom stereocenters. The van der Waals surface area contributed by atoms with Gasteiger partial charge in [0.2, 0.25) is 0 Å². The quantitative estimate of drug-likeness (QED) is 0.794. The topological polar surface area (TPSA) is 97.5 Å². The second-order valence-corrected chi connectivity index (χ2v) is 4.27. The van der Waals surface area contributed by atoms with E-state index in [1.807, 2.05) is 0 Å². The van der Waals surface area contributed by atoms with Crippen LogP contribution in [0.4, 0.5) is 11.5 Å². The molecule has 1 amide bonds. The SMILES string of the molecule is COc1ccc(C(=O)Nc2ncc(N)cc2C)c(O)c1. The van der Waals surface area contributed by atoms with Gasteiger partial charge in [-0.15, -0.1) is 0 Å². The zero-order chi connectivity index (χ0) is 14.7.